The predicted octanol–water partition coefficient (Wildman–Crippen LogP) is 2.02. The largest absolute Gasteiger partial charge is 0.508 e. The number of esters is 1. The third-order valence-corrected chi connectivity index (χ3v) is 4.62. The van der Waals surface area contributed by atoms with Crippen LogP contribution in [0.15, 0.2) is 18.2 Å². The zero-order chi connectivity index (χ0) is 12.2. The van der Waals surface area contributed by atoms with Gasteiger partial charge >= 0.3 is 5.97 Å². The maximum Gasteiger partial charge on any atom is 0.309 e. The molecule has 2 aliphatic rings. The van der Waals surface area contributed by atoms with Crippen molar-refractivity contribution in [1.29, 1.82) is 0 Å². The Bertz CT molecular complexity index is 494. The van der Waals surface area contributed by atoms with E-state index in [1.54, 1.807) is 6.07 Å². The van der Waals surface area contributed by atoms with Crippen LogP contribution < -0.4 is 0 Å². The van der Waals surface area contributed by atoms with E-state index in [4.69, 9.17) is 4.74 Å². The molecule has 0 bridgehead atoms. The number of methoxy groups -OCH3 is 1. The minimum absolute atomic E-state index is 0.0319. The molecule has 17 heavy (non-hydrogen) atoms. The summed E-state index contributed by atoms with van der Waals surface area (Å²) in [5.74, 6) is 0.454. The van der Waals surface area contributed by atoms with Gasteiger partial charge in [-0.1, -0.05) is 13.0 Å². The van der Waals surface area contributed by atoms with Crippen LogP contribution in [-0.4, -0.2) is 18.2 Å². The Labute approximate surface area is 100 Å². The number of fused-ring (bicyclic) bond motifs is 2. The van der Waals surface area contributed by atoms with Crippen molar-refractivity contribution in [3.63, 3.8) is 0 Å². The van der Waals surface area contributed by atoms with Crippen LogP contribution in [-0.2, 0) is 21.4 Å². The topological polar surface area (TPSA) is 46.5 Å². The smallest absolute Gasteiger partial charge is 0.309 e. The van der Waals surface area contributed by atoms with E-state index in [1.165, 1.54) is 12.7 Å². The van der Waals surface area contributed by atoms with Gasteiger partial charge in [0.05, 0.1) is 13.0 Å². The first-order valence-corrected chi connectivity index (χ1v) is 6.01. The maximum atomic E-state index is 11.8. The first kappa shape index (κ1) is 10.6. The number of carbonyl (C=O) groups is 1. The van der Waals surface area contributed by atoms with Crippen LogP contribution in [0.4, 0.5) is 0 Å². The van der Waals surface area contributed by atoms with Gasteiger partial charge in [0, 0.05) is 5.41 Å². The van der Waals surface area contributed by atoms with Gasteiger partial charge in [-0.2, -0.15) is 0 Å². The molecule has 90 valence electrons. The molecule has 0 amide bonds. The summed E-state index contributed by atoms with van der Waals surface area (Å²) in [5, 5.41) is 9.61. The molecule has 3 nitrogen and oxygen atoms in total. The zero-order valence-electron chi connectivity index (χ0n) is 10.1. The third-order valence-electron chi connectivity index (χ3n) is 4.62. The highest BCUT2D eigenvalue weighted by molar-refractivity contribution is 5.81. The van der Waals surface area contributed by atoms with Crippen molar-refractivity contribution >= 4 is 5.97 Å². The Kier molecular flexibility index (Phi) is 2.03. The number of aryl methyl sites for hydroxylation is 1. The molecule has 3 atom stereocenters. The van der Waals surface area contributed by atoms with Crippen molar-refractivity contribution in [3.8, 4) is 5.75 Å². The number of phenols is 1. The van der Waals surface area contributed by atoms with Crippen molar-refractivity contribution in [3.05, 3.63) is 29.3 Å². The lowest BCUT2D eigenvalue weighted by Gasteiger charge is -2.11. The van der Waals surface area contributed by atoms with Gasteiger partial charge in [-0.25, -0.2) is 0 Å². The van der Waals surface area contributed by atoms with Crippen molar-refractivity contribution in [2.75, 3.05) is 7.11 Å². The maximum absolute atomic E-state index is 11.8. The molecule has 0 heterocycles. The number of carbonyl (C=O) groups excluding carboxylic acids is 1. The minimum Gasteiger partial charge on any atom is -0.508 e. The summed E-state index contributed by atoms with van der Waals surface area (Å²) in [7, 11) is 1.44. The minimum atomic E-state index is -0.117. The number of benzene rings is 1. The molecule has 1 aromatic rings. The number of hydrogen-bond acceptors (Lipinski definition) is 3. The molecule has 3 unspecified atom stereocenters. The standard InChI is InChI=1S/C14H16O3/c1-8-12(13(16)17-2)14(8)6-5-9-3-4-10(15)7-11(9)14/h3-4,7-8,12,15H,5-6H2,1-2H3. The highest BCUT2D eigenvalue weighted by Crippen LogP contribution is 2.66. The van der Waals surface area contributed by atoms with Gasteiger partial charge in [-0.3, -0.25) is 4.79 Å². The fourth-order valence-electron chi connectivity index (χ4n) is 3.66. The van der Waals surface area contributed by atoms with E-state index >= 15 is 0 Å². The molecule has 3 rings (SSSR count). The third kappa shape index (κ3) is 1.20. The first-order chi connectivity index (χ1) is 8.11. The molecule has 1 saturated carbocycles. The number of rotatable bonds is 1. The molecule has 0 radical (unpaired) electrons. The van der Waals surface area contributed by atoms with Crippen LogP contribution in [0.5, 0.6) is 5.75 Å². The fraction of sp³-hybridized carbons (Fsp3) is 0.500. The second-order valence-corrected chi connectivity index (χ2v) is 5.17. The number of ether oxygens (including phenoxy) is 1. The van der Waals surface area contributed by atoms with Crippen LogP contribution >= 0.6 is 0 Å². The van der Waals surface area contributed by atoms with Crippen LogP contribution in [0.2, 0.25) is 0 Å². The van der Waals surface area contributed by atoms with Gasteiger partial charge in [0.15, 0.2) is 0 Å². The highest BCUT2D eigenvalue weighted by atomic mass is 16.5. The zero-order valence-corrected chi connectivity index (χ0v) is 10.1. The van der Waals surface area contributed by atoms with Crippen molar-refractivity contribution in [2.24, 2.45) is 11.8 Å². The molecular weight excluding hydrogens is 216 g/mol. The molecule has 0 aliphatic heterocycles. The molecule has 1 N–H and O–H groups in total. The summed E-state index contributed by atoms with van der Waals surface area (Å²) in [4.78, 5) is 11.8. The molecular formula is C14H16O3. The number of phenolic OH excluding ortho intramolecular Hbond substituents is 1. The van der Waals surface area contributed by atoms with Crippen LogP contribution in [0.1, 0.15) is 24.5 Å². The Morgan fingerprint density at radius 2 is 2.29 bits per heavy atom. The summed E-state index contributed by atoms with van der Waals surface area (Å²) < 4.78 is 4.88. The van der Waals surface area contributed by atoms with E-state index in [0.717, 1.165) is 18.4 Å². The number of hydrogen-bond donors (Lipinski definition) is 1. The van der Waals surface area contributed by atoms with Crippen molar-refractivity contribution in [1.82, 2.24) is 0 Å². The van der Waals surface area contributed by atoms with Gasteiger partial charge in [0.1, 0.15) is 5.75 Å². The van der Waals surface area contributed by atoms with Gasteiger partial charge in [0.2, 0.25) is 0 Å². The van der Waals surface area contributed by atoms with E-state index in [0.29, 0.717) is 5.92 Å². The quantitative estimate of drug-likeness (QED) is 0.753. The Morgan fingerprint density at radius 3 is 3.00 bits per heavy atom. The molecule has 1 spiro atoms. The van der Waals surface area contributed by atoms with Gasteiger partial charge < -0.3 is 9.84 Å². The monoisotopic (exact) mass is 232 g/mol. The normalized spacial score (nSPS) is 33.5. The van der Waals surface area contributed by atoms with Crippen LogP contribution in [0, 0.1) is 11.8 Å². The predicted molar refractivity (Wildman–Crippen MR) is 62.8 cm³/mol. The number of aromatic hydroxyl groups is 1. The second-order valence-electron chi connectivity index (χ2n) is 5.17. The van der Waals surface area contributed by atoms with Crippen molar-refractivity contribution < 1.29 is 14.6 Å². The summed E-state index contributed by atoms with van der Waals surface area (Å²) in [6.45, 7) is 2.10. The highest BCUT2D eigenvalue weighted by Gasteiger charge is 2.68. The van der Waals surface area contributed by atoms with Crippen molar-refractivity contribution in [2.45, 2.75) is 25.2 Å². The van der Waals surface area contributed by atoms with E-state index in [1.807, 2.05) is 12.1 Å². The molecule has 3 heteroatoms. The molecule has 0 saturated heterocycles. The second kappa shape index (κ2) is 3.25. The molecule has 0 aromatic heterocycles. The fourth-order valence-corrected chi connectivity index (χ4v) is 3.66. The molecule has 1 fully saturated rings. The lowest BCUT2D eigenvalue weighted by Crippen LogP contribution is -2.13. The summed E-state index contributed by atoms with van der Waals surface area (Å²) in [6.07, 6.45) is 1.99. The lowest BCUT2D eigenvalue weighted by molar-refractivity contribution is -0.142. The van der Waals surface area contributed by atoms with Crippen LogP contribution in [0.3, 0.4) is 0 Å². The van der Waals surface area contributed by atoms with Gasteiger partial charge in [-0.05, 0) is 42.0 Å². The van der Waals surface area contributed by atoms with Gasteiger partial charge in [0.25, 0.3) is 0 Å². The average molecular weight is 232 g/mol. The van der Waals surface area contributed by atoms with E-state index in [-0.39, 0.29) is 23.1 Å². The Hall–Kier alpha value is -1.51. The lowest BCUT2D eigenvalue weighted by atomic mass is 9.93. The summed E-state index contributed by atoms with van der Waals surface area (Å²) in [5.41, 5.74) is 2.35. The average Bonchev–Trinajstić information content (AvgIpc) is 2.74. The van der Waals surface area contributed by atoms with E-state index < -0.39 is 0 Å². The molecule has 1 aromatic carbocycles. The summed E-state index contributed by atoms with van der Waals surface area (Å²) in [6, 6.07) is 5.51. The summed E-state index contributed by atoms with van der Waals surface area (Å²) >= 11 is 0. The Balaban J connectivity index is 2.04. The van der Waals surface area contributed by atoms with E-state index in [9.17, 15) is 9.90 Å². The van der Waals surface area contributed by atoms with Crippen LogP contribution in [0.25, 0.3) is 0 Å². The SMILES string of the molecule is COC(=O)C1C(C)C12CCc1ccc(O)cc12. The Morgan fingerprint density at radius 1 is 1.53 bits per heavy atom. The first-order valence-electron chi connectivity index (χ1n) is 6.01. The van der Waals surface area contributed by atoms with E-state index in [2.05, 4.69) is 6.92 Å². The molecule has 2 aliphatic carbocycles. The van der Waals surface area contributed by atoms with Gasteiger partial charge in [-0.15, -0.1) is 0 Å².